The zero-order chi connectivity index (χ0) is 26.8. The number of carbonyl (C=O) groups is 2. The number of carbonyl (C=O) groups excluding carboxylic acids is 1. The summed E-state index contributed by atoms with van der Waals surface area (Å²) >= 11 is 4.67. The Morgan fingerprint density at radius 1 is 0.703 bits per heavy atom. The number of ether oxygens (including phenoxy) is 7. The molecule has 0 spiro atoms. The van der Waals surface area contributed by atoms with Gasteiger partial charge in [0.05, 0.1) is 104 Å². The molecule has 0 saturated carbocycles. The number of rotatable bonds is 24. The zero-order valence-electron chi connectivity index (χ0n) is 23.2. The number of halogens is 1. The maximum Gasteiger partial charge on any atom is 1.00 e. The van der Waals surface area contributed by atoms with E-state index in [4.69, 9.17) is 53.3 Å². The van der Waals surface area contributed by atoms with Crippen LogP contribution in [0.2, 0.25) is 0 Å². The Hall–Kier alpha value is 0.390. The van der Waals surface area contributed by atoms with Gasteiger partial charge in [0.15, 0.2) is 0 Å². The molecule has 0 saturated heterocycles. The maximum atomic E-state index is 10.1. The van der Waals surface area contributed by atoms with Crippen LogP contribution in [-0.4, -0.2) is 127 Å². The van der Waals surface area contributed by atoms with E-state index in [9.17, 15) is 4.79 Å². The number of alkyl halides is 1. The summed E-state index contributed by atoms with van der Waals surface area (Å²) in [5, 5.41) is 25.8. The Kier molecular flexibility index (Phi) is 59.0. The first kappa shape index (κ1) is 47.2. The molecule has 0 unspecified atom stereocenters. The minimum absolute atomic E-state index is 0. The van der Waals surface area contributed by atoms with Gasteiger partial charge in [0.1, 0.15) is 6.61 Å². The molecule has 0 rings (SSSR count). The first-order chi connectivity index (χ1) is 17.0. The van der Waals surface area contributed by atoms with Crippen molar-refractivity contribution in [2.75, 3.05) is 105 Å². The molecular weight excluding hydrogens is 538 g/mol. The van der Waals surface area contributed by atoms with Crippen LogP contribution < -0.4 is 64.2 Å². The molecule has 0 aromatic rings. The van der Waals surface area contributed by atoms with Gasteiger partial charge in [-0.1, -0.05) is 12.2 Å². The van der Waals surface area contributed by atoms with Crippen molar-refractivity contribution in [3.05, 3.63) is 25.3 Å². The summed E-state index contributed by atoms with van der Waals surface area (Å²) in [7, 11) is 0. The van der Waals surface area contributed by atoms with Gasteiger partial charge in [0.2, 0.25) is 0 Å². The first-order valence-electron chi connectivity index (χ1n) is 10.8. The van der Waals surface area contributed by atoms with E-state index in [0.29, 0.717) is 79.3 Å². The van der Waals surface area contributed by atoms with Crippen LogP contribution in [0, 0.1) is 0 Å². The molecular formula is C22H41ClNa2O12. The summed E-state index contributed by atoms with van der Waals surface area (Å²) in [4.78, 5) is 19.2. The fraction of sp³-hybridized carbons (Fsp3) is 0.727. The molecule has 0 heterocycles. The van der Waals surface area contributed by atoms with Crippen LogP contribution in [0.5, 0.6) is 0 Å². The van der Waals surface area contributed by atoms with Crippen LogP contribution in [0.4, 0.5) is 0 Å². The molecule has 0 aliphatic carbocycles. The summed E-state index contributed by atoms with van der Waals surface area (Å²) in [5.74, 6) is -2.63. The van der Waals surface area contributed by atoms with Crippen molar-refractivity contribution in [3.8, 4) is 0 Å². The van der Waals surface area contributed by atoms with Gasteiger partial charge in [0.25, 0.3) is 0 Å². The molecule has 0 radical (unpaired) electrons. The van der Waals surface area contributed by atoms with E-state index in [2.05, 4.69) is 24.8 Å². The van der Waals surface area contributed by atoms with Crippen molar-refractivity contribution in [2.24, 2.45) is 0 Å². The monoisotopic (exact) mass is 578 g/mol. The Morgan fingerprint density at radius 2 is 1.00 bits per heavy atom. The molecule has 37 heavy (non-hydrogen) atoms. The molecule has 210 valence electrons. The average Bonchev–Trinajstić information content (AvgIpc) is 2.84. The van der Waals surface area contributed by atoms with Gasteiger partial charge in [-0.2, -0.15) is 0 Å². The number of hydrogen-bond donors (Lipinski definition) is 2. The van der Waals surface area contributed by atoms with Crippen molar-refractivity contribution >= 4 is 23.5 Å². The van der Waals surface area contributed by atoms with E-state index in [1.807, 2.05) is 0 Å². The van der Waals surface area contributed by atoms with Crippen LogP contribution >= 0.6 is 11.6 Å². The van der Waals surface area contributed by atoms with E-state index in [-0.39, 0.29) is 80.4 Å². The second-order valence-corrected chi connectivity index (χ2v) is 6.12. The molecule has 2 N–H and O–H groups in total. The molecule has 15 heteroatoms. The molecule has 0 aliphatic heterocycles. The van der Waals surface area contributed by atoms with Gasteiger partial charge < -0.3 is 54.7 Å². The van der Waals surface area contributed by atoms with Gasteiger partial charge in [-0.3, -0.25) is 0 Å². The van der Waals surface area contributed by atoms with Crippen molar-refractivity contribution in [3.63, 3.8) is 0 Å². The summed E-state index contributed by atoms with van der Waals surface area (Å²) in [6.45, 7) is 13.1. The van der Waals surface area contributed by atoms with E-state index in [1.165, 1.54) is 0 Å². The molecule has 0 aromatic carbocycles. The quantitative estimate of drug-likeness (QED) is 0.0483. The number of hydrogen-bond acceptors (Lipinski definition) is 11. The number of aliphatic hydroxyl groups is 1. The largest absolute Gasteiger partial charge is 1.00 e. The predicted octanol–water partition coefficient (Wildman–Crippen LogP) is -6.37. The summed E-state index contributed by atoms with van der Waals surface area (Å²) in [6, 6.07) is 0. The maximum absolute atomic E-state index is 10.1. The van der Waals surface area contributed by atoms with Crippen LogP contribution in [0.3, 0.4) is 0 Å². The topological polar surface area (TPSA) is 162 Å². The van der Waals surface area contributed by atoms with Crippen molar-refractivity contribution in [2.45, 2.75) is 0 Å². The third kappa shape index (κ3) is 61.8. The van der Waals surface area contributed by atoms with Gasteiger partial charge >= 0.3 is 65.1 Å². The Morgan fingerprint density at radius 3 is 1.27 bits per heavy atom. The van der Waals surface area contributed by atoms with Crippen LogP contribution in [0.25, 0.3) is 0 Å². The SMILES string of the molecule is C=CCOCCOCCOCCO.C=CCOCCOCCOCCOCC(=O)O.O=C([O-])CCl.[H-].[Na+].[Na+]. The molecule has 0 atom stereocenters. The smallest absolute Gasteiger partial charge is 1.00 e. The van der Waals surface area contributed by atoms with Gasteiger partial charge in [-0.25, -0.2) is 4.79 Å². The van der Waals surface area contributed by atoms with Crippen molar-refractivity contribution in [1.29, 1.82) is 0 Å². The first-order valence-corrected chi connectivity index (χ1v) is 11.3. The van der Waals surface area contributed by atoms with E-state index in [0.717, 1.165) is 0 Å². The summed E-state index contributed by atoms with van der Waals surface area (Å²) < 4.78 is 35.5. The number of aliphatic hydroxyl groups excluding tert-OH is 1. The Balaban J connectivity index is -0.000000109. The zero-order valence-corrected chi connectivity index (χ0v) is 27.0. The summed E-state index contributed by atoms with van der Waals surface area (Å²) in [6.07, 6.45) is 3.38. The molecule has 0 aliphatic rings. The van der Waals surface area contributed by atoms with Crippen LogP contribution in [0.15, 0.2) is 25.3 Å². The third-order valence-corrected chi connectivity index (χ3v) is 3.12. The molecule has 0 amide bonds. The fourth-order valence-corrected chi connectivity index (χ4v) is 1.55. The minimum atomic E-state index is -1.23. The van der Waals surface area contributed by atoms with Gasteiger partial charge in [0, 0.05) is 0 Å². The second kappa shape index (κ2) is 46.3. The van der Waals surface area contributed by atoms with Crippen molar-refractivity contribution in [1.82, 2.24) is 0 Å². The predicted molar refractivity (Wildman–Crippen MR) is 128 cm³/mol. The van der Waals surface area contributed by atoms with E-state index >= 15 is 0 Å². The van der Waals surface area contributed by atoms with Crippen molar-refractivity contribution < 1.29 is 119 Å². The number of aliphatic carboxylic acids is 2. The molecule has 0 fully saturated rings. The number of carboxylic acids is 2. The normalized spacial score (nSPS) is 9.35. The fourth-order valence-electron chi connectivity index (χ4n) is 1.55. The Bertz CT molecular complexity index is 484. The average molecular weight is 579 g/mol. The molecule has 12 nitrogen and oxygen atoms in total. The van der Waals surface area contributed by atoms with E-state index in [1.54, 1.807) is 12.2 Å². The van der Waals surface area contributed by atoms with Gasteiger partial charge in [-0.15, -0.1) is 24.8 Å². The Labute approximate surface area is 270 Å². The third-order valence-electron chi connectivity index (χ3n) is 2.90. The molecule has 0 bridgehead atoms. The van der Waals surface area contributed by atoms with Crippen LogP contribution in [0.1, 0.15) is 1.43 Å². The minimum Gasteiger partial charge on any atom is -1.00 e. The second-order valence-electron chi connectivity index (χ2n) is 5.85. The summed E-state index contributed by atoms with van der Waals surface area (Å²) in [5.41, 5.74) is 0. The number of carboxylic acid groups (broad SMARTS) is 2. The van der Waals surface area contributed by atoms with Crippen LogP contribution in [-0.2, 0) is 42.7 Å². The standard InChI is InChI=1S/C11H20O6.C9H18O4.C2H3ClO2.2Na.H/c1-2-3-14-4-5-15-6-7-16-8-9-17-10-11(12)13;1-2-4-11-6-8-13-9-7-12-5-3-10;3-1-2(4)5;;;/h2H,1,3-10H2,(H,12,13);2,10H,1,3-9H2;1H2,(H,4,5);;;/q;;;2*+1;-1/p-1. The van der Waals surface area contributed by atoms with Gasteiger partial charge in [-0.05, 0) is 0 Å². The van der Waals surface area contributed by atoms with E-state index < -0.39 is 17.8 Å². The molecule has 0 aromatic heterocycles.